The van der Waals surface area contributed by atoms with E-state index in [1.807, 2.05) is 0 Å². The number of hydrogen-bond acceptors (Lipinski definition) is 4. The number of halogens is 1. The number of hydrogen-bond donors (Lipinski definition) is 3. The summed E-state index contributed by atoms with van der Waals surface area (Å²) < 4.78 is 0. The van der Waals surface area contributed by atoms with E-state index >= 15 is 0 Å². The van der Waals surface area contributed by atoms with Gasteiger partial charge in [-0.25, -0.2) is 4.98 Å². The fourth-order valence-electron chi connectivity index (χ4n) is 1.26. The molecule has 0 aliphatic heterocycles. The van der Waals surface area contributed by atoms with Crippen molar-refractivity contribution in [2.45, 2.75) is 0 Å². The maximum absolute atomic E-state index is 10.9. The first-order chi connectivity index (χ1) is 6.58. The average molecular weight is 211 g/mol. The molecule has 14 heavy (non-hydrogen) atoms. The topological polar surface area (TPSA) is 97.8 Å². The number of imidazole rings is 1. The zero-order valence-corrected chi connectivity index (χ0v) is 7.80. The van der Waals surface area contributed by atoms with Crippen LogP contribution in [-0.4, -0.2) is 15.2 Å². The molecule has 2 rings (SSSR count). The molecule has 6 heteroatoms. The number of benzene rings is 1. The Kier molecular flexibility index (Phi) is 1.82. The van der Waals surface area contributed by atoms with Gasteiger partial charge in [0.1, 0.15) is 0 Å². The van der Waals surface area contributed by atoms with Crippen LogP contribution in [0, 0.1) is 0 Å². The molecule has 0 amide bonds. The number of nitrogens with one attached hydrogen (secondary N) is 1. The highest BCUT2D eigenvalue weighted by molar-refractivity contribution is 6.68. The molecule has 1 aromatic carbocycles. The average Bonchev–Trinajstić information content (AvgIpc) is 2.42. The largest absolute Gasteiger partial charge is 0.398 e. The molecule has 0 aliphatic rings. The van der Waals surface area contributed by atoms with Gasteiger partial charge in [-0.1, -0.05) is 0 Å². The van der Waals surface area contributed by atoms with E-state index in [0.717, 1.165) is 0 Å². The van der Waals surface area contributed by atoms with Crippen molar-refractivity contribution in [1.82, 2.24) is 9.97 Å². The van der Waals surface area contributed by atoms with Crippen LogP contribution in [0.1, 0.15) is 10.4 Å². The van der Waals surface area contributed by atoms with Crippen molar-refractivity contribution in [3.63, 3.8) is 0 Å². The molecule has 0 saturated heterocycles. The molecule has 0 aliphatic carbocycles. The van der Waals surface area contributed by atoms with Crippen molar-refractivity contribution in [3.05, 3.63) is 17.7 Å². The summed E-state index contributed by atoms with van der Waals surface area (Å²) in [7, 11) is 0. The van der Waals surface area contributed by atoms with E-state index in [0.29, 0.717) is 16.7 Å². The van der Waals surface area contributed by atoms with Crippen LogP contribution in [0.4, 0.5) is 11.6 Å². The second-order valence-corrected chi connectivity index (χ2v) is 3.20. The molecule has 0 atom stereocenters. The summed E-state index contributed by atoms with van der Waals surface area (Å²) in [6, 6.07) is 3.08. The standard InChI is InChI=1S/C8H7ClN4O/c9-7(14)3-1-5-6(2-4(3)10)13-8(11)12-5/h1-2H,10H2,(H3,11,12,13). The van der Waals surface area contributed by atoms with E-state index in [-0.39, 0.29) is 11.5 Å². The highest BCUT2D eigenvalue weighted by Crippen LogP contribution is 2.22. The minimum atomic E-state index is -0.599. The summed E-state index contributed by atoms with van der Waals surface area (Å²) in [5.41, 5.74) is 12.8. The first-order valence-electron chi connectivity index (χ1n) is 3.82. The number of rotatable bonds is 1. The summed E-state index contributed by atoms with van der Waals surface area (Å²) >= 11 is 5.33. The molecule has 5 N–H and O–H groups in total. The molecule has 0 unspecified atom stereocenters. The Hall–Kier alpha value is -1.75. The van der Waals surface area contributed by atoms with E-state index in [1.165, 1.54) is 6.07 Å². The lowest BCUT2D eigenvalue weighted by Crippen LogP contribution is -1.97. The third kappa shape index (κ3) is 1.27. The molecule has 0 saturated carbocycles. The van der Waals surface area contributed by atoms with Crippen LogP contribution >= 0.6 is 11.6 Å². The number of nitrogens with zero attached hydrogens (tertiary/aromatic N) is 1. The summed E-state index contributed by atoms with van der Waals surface area (Å²) in [5.74, 6) is 0.276. The van der Waals surface area contributed by atoms with Crippen LogP contribution in [0.2, 0.25) is 0 Å². The zero-order valence-electron chi connectivity index (χ0n) is 7.04. The smallest absolute Gasteiger partial charge is 0.254 e. The highest BCUT2D eigenvalue weighted by atomic mass is 35.5. The zero-order chi connectivity index (χ0) is 10.3. The van der Waals surface area contributed by atoms with Crippen LogP contribution in [-0.2, 0) is 0 Å². The van der Waals surface area contributed by atoms with Gasteiger partial charge in [-0.15, -0.1) is 0 Å². The summed E-state index contributed by atoms with van der Waals surface area (Å²) in [4.78, 5) is 17.7. The predicted octanol–water partition coefficient (Wildman–Crippen LogP) is 1.11. The van der Waals surface area contributed by atoms with Gasteiger partial charge in [0.2, 0.25) is 0 Å². The second kappa shape index (κ2) is 2.88. The Morgan fingerprint density at radius 2 is 2.14 bits per heavy atom. The summed E-state index contributed by atoms with van der Waals surface area (Å²) in [6.45, 7) is 0. The van der Waals surface area contributed by atoms with Gasteiger partial charge in [0, 0.05) is 5.69 Å². The maximum Gasteiger partial charge on any atom is 0.254 e. The van der Waals surface area contributed by atoms with E-state index < -0.39 is 5.24 Å². The molecule has 5 nitrogen and oxygen atoms in total. The fourth-order valence-corrected chi connectivity index (χ4v) is 1.43. The number of nitrogens with two attached hydrogens (primary N) is 2. The van der Waals surface area contributed by atoms with Gasteiger partial charge < -0.3 is 16.5 Å². The predicted molar refractivity (Wildman–Crippen MR) is 55.1 cm³/mol. The van der Waals surface area contributed by atoms with Crippen LogP contribution in [0.5, 0.6) is 0 Å². The molecule has 0 radical (unpaired) electrons. The molecular weight excluding hydrogens is 204 g/mol. The van der Waals surface area contributed by atoms with Crippen molar-refractivity contribution >= 4 is 39.5 Å². The van der Waals surface area contributed by atoms with Crippen molar-refractivity contribution < 1.29 is 4.79 Å². The number of aromatic nitrogens is 2. The minimum absolute atomic E-state index is 0.253. The lowest BCUT2D eigenvalue weighted by molar-refractivity contribution is 0.108. The lowest BCUT2D eigenvalue weighted by atomic mass is 10.2. The van der Waals surface area contributed by atoms with Gasteiger partial charge in [0.25, 0.3) is 5.24 Å². The van der Waals surface area contributed by atoms with Crippen molar-refractivity contribution in [1.29, 1.82) is 0 Å². The number of aromatic amines is 1. The van der Waals surface area contributed by atoms with Gasteiger partial charge in [0.05, 0.1) is 16.6 Å². The third-order valence-electron chi connectivity index (χ3n) is 1.88. The van der Waals surface area contributed by atoms with Crippen LogP contribution < -0.4 is 11.5 Å². The fraction of sp³-hybridized carbons (Fsp3) is 0. The van der Waals surface area contributed by atoms with E-state index in [9.17, 15) is 4.79 Å². The Bertz CT molecular complexity index is 519. The van der Waals surface area contributed by atoms with E-state index in [4.69, 9.17) is 23.1 Å². The number of fused-ring (bicyclic) bond motifs is 1. The number of H-pyrrole nitrogens is 1. The first kappa shape index (κ1) is 8.83. The van der Waals surface area contributed by atoms with Crippen molar-refractivity contribution in [2.75, 3.05) is 11.5 Å². The van der Waals surface area contributed by atoms with Gasteiger partial charge in [0.15, 0.2) is 5.95 Å². The third-order valence-corrected chi connectivity index (χ3v) is 2.09. The number of anilines is 2. The molecule has 0 fully saturated rings. The second-order valence-electron chi connectivity index (χ2n) is 2.85. The number of nitrogen functional groups attached to an aromatic ring is 2. The molecule has 72 valence electrons. The number of carbonyl (C=O) groups excluding carboxylic acids is 1. The first-order valence-corrected chi connectivity index (χ1v) is 4.20. The van der Waals surface area contributed by atoms with E-state index in [2.05, 4.69) is 9.97 Å². The molecule has 0 bridgehead atoms. The Morgan fingerprint density at radius 1 is 1.43 bits per heavy atom. The normalized spacial score (nSPS) is 10.6. The minimum Gasteiger partial charge on any atom is -0.398 e. The van der Waals surface area contributed by atoms with Crippen LogP contribution in [0.3, 0.4) is 0 Å². The Balaban J connectivity index is 2.76. The number of carbonyl (C=O) groups is 1. The monoisotopic (exact) mass is 210 g/mol. The molecule has 0 spiro atoms. The SMILES string of the molecule is Nc1nc2cc(N)c(C(=O)Cl)cc2[nH]1. The molecule has 1 heterocycles. The van der Waals surface area contributed by atoms with Gasteiger partial charge >= 0.3 is 0 Å². The quantitative estimate of drug-likeness (QED) is 0.485. The molecule has 2 aromatic rings. The van der Waals surface area contributed by atoms with Crippen LogP contribution in [0.15, 0.2) is 12.1 Å². The van der Waals surface area contributed by atoms with Crippen LogP contribution in [0.25, 0.3) is 11.0 Å². The van der Waals surface area contributed by atoms with Gasteiger partial charge in [-0.05, 0) is 23.7 Å². The Labute approximate surface area is 84.1 Å². The van der Waals surface area contributed by atoms with E-state index in [1.54, 1.807) is 6.07 Å². The lowest BCUT2D eigenvalue weighted by Gasteiger charge is -1.98. The van der Waals surface area contributed by atoms with Gasteiger partial charge in [-0.2, -0.15) is 0 Å². The van der Waals surface area contributed by atoms with Crippen molar-refractivity contribution in [2.24, 2.45) is 0 Å². The Morgan fingerprint density at radius 3 is 2.79 bits per heavy atom. The van der Waals surface area contributed by atoms with Crippen molar-refractivity contribution in [3.8, 4) is 0 Å². The highest BCUT2D eigenvalue weighted by Gasteiger charge is 2.10. The summed E-state index contributed by atoms with van der Waals surface area (Å²) in [5, 5.41) is -0.599. The summed E-state index contributed by atoms with van der Waals surface area (Å²) in [6.07, 6.45) is 0. The maximum atomic E-state index is 10.9. The molecular formula is C8H7ClN4O. The van der Waals surface area contributed by atoms with Gasteiger partial charge in [-0.3, -0.25) is 4.79 Å². The molecule has 1 aromatic heterocycles.